The molecule has 3 aromatic rings. The minimum absolute atomic E-state index is 0. The average molecular weight is 582 g/mol. The van der Waals surface area contributed by atoms with Crippen LogP contribution in [0.2, 0.25) is 5.02 Å². The second-order valence-electron chi connectivity index (χ2n) is 8.81. The molecule has 11 heteroatoms. The number of carbonyl (C=O) groups is 2. The zero-order valence-corrected chi connectivity index (χ0v) is 23.3. The van der Waals surface area contributed by atoms with Gasteiger partial charge in [0.15, 0.2) is 0 Å². The molecule has 0 aliphatic rings. The second kappa shape index (κ2) is 13.7. The van der Waals surface area contributed by atoms with Crippen molar-refractivity contribution in [3.8, 4) is 0 Å². The van der Waals surface area contributed by atoms with Crippen LogP contribution in [0.3, 0.4) is 0 Å². The van der Waals surface area contributed by atoms with E-state index in [1.54, 1.807) is 30.3 Å². The summed E-state index contributed by atoms with van der Waals surface area (Å²) in [6.45, 7) is 1.87. The van der Waals surface area contributed by atoms with E-state index < -0.39 is 34.4 Å². The first-order valence-corrected chi connectivity index (χ1v) is 13.4. The fourth-order valence-corrected chi connectivity index (χ4v) is 5.24. The molecule has 0 aromatic heterocycles. The SMILES string of the molecule is C[C@H](Cc1ccc(S(=O)(=O)c2ccc(C(=O)N(C)CC(=O)O)cc2)cc1)NC[C@@H](O)c1cccc(Cl)c1.Cl. The fourth-order valence-electron chi connectivity index (χ4n) is 3.78. The van der Waals surface area contributed by atoms with Gasteiger partial charge in [0, 0.05) is 30.2 Å². The zero-order chi connectivity index (χ0) is 27.2. The third kappa shape index (κ3) is 8.28. The summed E-state index contributed by atoms with van der Waals surface area (Å²) in [7, 11) is -2.44. The van der Waals surface area contributed by atoms with Crippen LogP contribution in [-0.4, -0.2) is 61.6 Å². The van der Waals surface area contributed by atoms with Gasteiger partial charge in [0.2, 0.25) is 9.84 Å². The molecule has 0 saturated carbocycles. The van der Waals surface area contributed by atoms with Crippen LogP contribution >= 0.6 is 24.0 Å². The molecular weight excluding hydrogens is 551 g/mol. The zero-order valence-electron chi connectivity index (χ0n) is 20.9. The van der Waals surface area contributed by atoms with E-state index >= 15 is 0 Å². The Morgan fingerprint density at radius 3 is 2.13 bits per heavy atom. The summed E-state index contributed by atoms with van der Waals surface area (Å²) in [4.78, 5) is 24.3. The molecule has 0 aliphatic carbocycles. The molecule has 8 nitrogen and oxygen atoms in total. The molecule has 38 heavy (non-hydrogen) atoms. The first-order chi connectivity index (χ1) is 17.5. The molecule has 1 amide bonds. The largest absolute Gasteiger partial charge is 0.480 e. The smallest absolute Gasteiger partial charge is 0.323 e. The maximum Gasteiger partial charge on any atom is 0.323 e. The summed E-state index contributed by atoms with van der Waals surface area (Å²) in [5.74, 6) is -1.66. The highest BCUT2D eigenvalue weighted by Gasteiger charge is 2.20. The van der Waals surface area contributed by atoms with Crippen LogP contribution in [0.1, 0.15) is 34.5 Å². The van der Waals surface area contributed by atoms with E-state index in [-0.39, 0.29) is 33.8 Å². The molecule has 3 N–H and O–H groups in total. The van der Waals surface area contributed by atoms with Crippen molar-refractivity contribution in [2.75, 3.05) is 20.1 Å². The molecule has 3 aromatic carbocycles. The van der Waals surface area contributed by atoms with Gasteiger partial charge in [-0.15, -0.1) is 12.4 Å². The first-order valence-electron chi connectivity index (χ1n) is 11.6. The molecule has 0 spiro atoms. The lowest BCUT2D eigenvalue weighted by molar-refractivity contribution is -0.137. The summed E-state index contributed by atoms with van der Waals surface area (Å²) in [6, 6.07) is 19.1. The van der Waals surface area contributed by atoms with E-state index in [0.717, 1.165) is 16.0 Å². The number of carboxylic acid groups (broad SMARTS) is 1. The number of hydrogen-bond acceptors (Lipinski definition) is 6. The van der Waals surface area contributed by atoms with Crippen LogP contribution in [0.4, 0.5) is 0 Å². The Morgan fingerprint density at radius 2 is 1.58 bits per heavy atom. The van der Waals surface area contributed by atoms with Crippen molar-refractivity contribution >= 4 is 45.7 Å². The normalized spacial score (nSPS) is 12.7. The number of benzene rings is 3. The van der Waals surface area contributed by atoms with E-state index in [9.17, 15) is 23.1 Å². The first kappa shape index (κ1) is 31.3. The monoisotopic (exact) mass is 580 g/mol. The third-order valence-electron chi connectivity index (χ3n) is 5.80. The van der Waals surface area contributed by atoms with Gasteiger partial charge in [-0.1, -0.05) is 35.9 Å². The Bertz CT molecular complexity index is 1350. The quantitative estimate of drug-likeness (QED) is 0.313. The molecule has 0 fully saturated rings. The molecule has 0 saturated heterocycles. The lowest BCUT2D eigenvalue weighted by atomic mass is 10.1. The number of aliphatic hydroxyl groups excluding tert-OH is 1. The van der Waals surface area contributed by atoms with Crippen LogP contribution in [0, 0.1) is 0 Å². The van der Waals surface area contributed by atoms with Crippen molar-refractivity contribution in [1.82, 2.24) is 10.2 Å². The van der Waals surface area contributed by atoms with Gasteiger partial charge in [-0.25, -0.2) is 8.42 Å². The Kier molecular flexibility index (Phi) is 11.3. The van der Waals surface area contributed by atoms with Gasteiger partial charge >= 0.3 is 5.97 Å². The van der Waals surface area contributed by atoms with Gasteiger partial charge in [-0.3, -0.25) is 9.59 Å². The van der Waals surface area contributed by atoms with Crippen LogP contribution < -0.4 is 5.32 Å². The molecule has 204 valence electrons. The molecular formula is C27H30Cl2N2O6S. The van der Waals surface area contributed by atoms with Gasteiger partial charge in [-0.2, -0.15) is 0 Å². The van der Waals surface area contributed by atoms with Crippen LogP contribution in [0.15, 0.2) is 82.6 Å². The molecule has 0 aliphatic heterocycles. The number of halogens is 2. The maximum atomic E-state index is 13.0. The summed E-state index contributed by atoms with van der Waals surface area (Å²) < 4.78 is 26.1. The number of likely N-dealkylation sites (N-methyl/N-ethyl adjacent to an activating group) is 1. The Hall–Kier alpha value is -2.95. The summed E-state index contributed by atoms with van der Waals surface area (Å²) in [5.41, 5.74) is 1.85. The number of carboxylic acids is 1. The van der Waals surface area contributed by atoms with E-state index in [2.05, 4.69) is 5.32 Å². The average Bonchev–Trinajstić information content (AvgIpc) is 2.86. The van der Waals surface area contributed by atoms with Crippen molar-refractivity contribution < 1.29 is 28.2 Å². The highest BCUT2D eigenvalue weighted by molar-refractivity contribution is 7.91. The minimum atomic E-state index is -3.80. The van der Waals surface area contributed by atoms with E-state index in [1.807, 2.05) is 13.0 Å². The van der Waals surface area contributed by atoms with E-state index in [1.165, 1.54) is 43.4 Å². The molecule has 0 unspecified atom stereocenters. The molecule has 0 heterocycles. The van der Waals surface area contributed by atoms with Gasteiger partial charge in [0.25, 0.3) is 5.91 Å². The van der Waals surface area contributed by atoms with Crippen molar-refractivity contribution in [1.29, 1.82) is 0 Å². The second-order valence-corrected chi connectivity index (χ2v) is 11.2. The van der Waals surface area contributed by atoms with Crippen LogP contribution in [-0.2, 0) is 21.1 Å². The van der Waals surface area contributed by atoms with Crippen LogP contribution in [0.5, 0.6) is 0 Å². The Labute approximate surface area is 233 Å². The number of carbonyl (C=O) groups excluding carboxylic acids is 1. The van der Waals surface area contributed by atoms with Gasteiger partial charge < -0.3 is 20.4 Å². The number of aliphatic carboxylic acids is 1. The standard InChI is InChI=1S/C27H29ClN2O6S.ClH/c1-18(29-16-25(31)21-4-3-5-22(28)15-21)14-19-6-10-23(11-7-19)37(35,36)24-12-8-20(9-13-24)27(34)30(2)17-26(32)33;/h3-13,15,18,25,29,31H,14,16-17H2,1-2H3,(H,32,33);1H/t18-,25-;/m1./s1. The number of nitrogens with one attached hydrogen (secondary N) is 1. The minimum Gasteiger partial charge on any atom is -0.480 e. The topological polar surface area (TPSA) is 124 Å². The van der Waals surface area contributed by atoms with Gasteiger partial charge in [0.05, 0.1) is 15.9 Å². The van der Waals surface area contributed by atoms with Crippen molar-refractivity contribution in [2.24, 2.45) is 0 Å². The predicted octanol–water partition coefficient (Wildman–Crippen LogP) is 4.01. The molecule has 0 radical (unpaired) electrons. The summed E-state index contributed by atoms with van der Waals surface area (Å²) >= 11 is 5.98. The van der Waals surface area contributed by atoms with Crippen molar-refractivity contribution in [3.63, 3.8) is 0 Å². The highest BCUT2D eigenvalue weighted by Crippen LogP contribution is 2.23. The number of amides is 1. The van der Waals surface area contributed by atoms with Gasteiger partial charge in [-0.05, 0) is 73.0 Å². The summed E-state index contributed by atoms with van der Waals surface area (Å²) in [6.07, 6.45) is -0.0728. The number of aliphatic hydroxyl groups is 1. The molecule has 0 bridgehead atoms. The van der Waals surface area contributed by atoms with E-state index in [0.29, 0.717) is 18.0 Å². The van der Waals surface area contributed by atoms with Gasteiger partial charge in [0.1, 0.15) is 6.54 Å². The lowest BCUT2D eigenvalue weighted by Gasteiger charge is -2.18. The lowest BCUT2D eigenvalue weighted by Crippen LogP contribution is -2.32. The third-order valence-corrected chi connectivity index (χ3v) is 7.82. The fraction of sp³-hybridized carbons (Fsp3) is 0.259. The van der Waals surface area contributed by atoms with Crippen molar-refractivity contribution in [3.05, 3.63) is 94.5 Å². The number of hydrogen-bond donors (Lipinski definition) is 3. The Balaban J connectivity index is 0.00000507. The molecule has 3 rings (SSSR count). The van der Waals surface area contributed by atoms with Crippen molar-refractivity contribution in [2.45, 2.75) is 35.3 Å². The van der Waals surface area contributed by atoms with Crippen LogP contribution in [0.25, 0.3) is 0 Å². The predicted molar refractivity (Wildman–Crippen MR) is 148 cm³/mol. The summed E-state index contributed by atoms with van der Waals surface area (Å²) in [5, 5.41) is 23.0. The highest BCUT2D eigenvalue weighted by atomic mass is 35.5. The maximum absolute atomic E-state index is 13.0. The molecule has 2 atom stereocenters. The Morgan fingerprint density at radius 1 is 1.00 bits per heavy atom. The number of nitrogens with zero attached hydrogens (tertiary/aromatic N) is 1. The number of rotatable bonds is 11. The van der Waals surface area contributed by atoms with E-state index in [4.69, 9.17) is 16.7 Å². The number of sulfone groups is 1.